The van der Waals surface area contributed by atoms with Crippen molar-refractivity contribution in [2.45, 2.75) is 31.9 Å². The summed E-state index contributed by atoms with van der Waals surface area (Å²) in [4.78, 5) is 25.5. The predicted octanol–water partition coefficient (Wildman–Crippen LogP) is 3.15. The van der Waals surface area contributed by atoms with Gasteiger partial charge in [-0.1, -0.05) is 30.3 Å². The Balaban J connectivity index is 1.67. The number of amides is 1. The van der Waals surface area contributed by atoms with E-state index in [4.69, 9.17) is 14.2 Å². The van der Waals surface area contributed by atoms with Gasteiger partial charge in [-0.2, -0.15) is 0 Å². The Labute approximate surface area is 176 Å². The van der Waals surface area contributed by atoms with Gasteiger partial charge in [0.05, 0.1) is 20.8 Å². The first-order valence-corrected chi connectivity index (χ1v) is 9.95. The van der Waals surface area contributed by atoms with Crippen LogP contribution in [0.5, 0.6) is 11.5 Å². The van der Waals surface area contributed by atoms with Crippen molar-refractivity contribution < 1.29 is 28.9 Å². The van der Waals surface area contributed by atoms with Crippen molar-refractivity contribution >= 4 is 11.9 Å². The highest BCUT2D eigenvalue weighted by molar-refractivity contribution is 5.98. The summed E-state index contributed by atoms with van der Waals surface area (Å²) in [6, 6.07) is 12.6. The molecule has 2 aromatic rings. The maximum absolute atomic E-state index is 12.8. The summed E-state index contributed by atoms with van der Waals surface area (Å²) in [7, 11) is 3.08. The zero-order valence-electron chi connectivity index (χ0n) is 17.3. The number of likely N-dealkylation sites (tertiary alicyclic amines) is 1. The van der Waals surface area contributed by atoms with Crippen molar-refractivity contribution in [1.29, 1.82) is 0 Å². The number of rotatable bonds is 10. The summed E-state index contributed by atoms with van der Waals surface area (Å²) in [5, 5.41) is 9.23. The summed E-state index contributed by atoms with van der Waals surface area (Å²) < 4.78 is 16.7. The summed E-state index contributed by atoms with van der Waals surface area (Å²) in [5.74, 6) is -0.256. The van der Waals surface area contributed by atoms with E-state index in [1.165, 1.54) is 12.0 Å². The molecule has 0 bridgehead atoms. The highest BCUT2D eigenvalue weighted by Crippen LogP contribution is 2.34. The lowest BCUT2D eigenvalue weighted by atomic mass is 9.99. The van der Waals surface area contributed by atoms with Gasteiger partial charge in [-0.15, -0.1) is 0 Å². The van der Waals surface area contributed by atoms with Crippen LogP contribution >= 0.6 is 0 Å². The molecule has 1 aliphatic heterocycles. The molecule has 2 aromatic carbocycles. The third-order valence-corrected chi connectivity index (χ3v) is 5.21. The topological polar surface area (TPSA) is 85.3 Å². The summed E-state index contributed by atoms with van der Waals surface area (Å²) >= 11 is 0. The van der Waals surface area contributed by atoms with Gasteiger partial charge < -0.3 is 24.2 Å². The van der Waals surface area contributed by atoms with E-state index in [0.29, 0.717) is 49.7 Å². The Hall–Kier alpha value is -3.06. The number of ether oxygens (including phenoxy) is 3. The predicted molar refractivity (Wildman–Crippen MR) is 111 cm³/mol. The first-order valence-electron chi connectivity index (χ1n) is 9.95. The Morgan fingerprint density at radius 2 is 1.90 bits per heavy atom. The molecule has 1 fully saturated rings. The number of carboxylic acids is 1. The van der Waals surface area contributed by atoms with Crippen LogP contribution < -0.4 is 9.47 Å². The molecule has 0 aliphatic carbocycles. The molecule has 30 heavy (non-hydrogen) atoms. The molecule has 3 rings (SSSR count). The Morgan fingerprint density at radius 1 is 1.13 bits per heavy atom. The van der Waals surface area contributed by atoms with Gasteiger partial charge in [-0.3, -0.25) is 4.79 Å². The minimum absolute atomic E-state index is 0.309. The molecular formula is C23H27NO6. The second kappa shape index (κ2) is 10.1. The van der Waals surface area contributed by atoms with Crippen LogP contribution in [0.2, 0.25) is 0 Å². The van der Waals surface area contributed by atoms with Gasteiger partial charge in [0.25, 0.3) is 5.91 Å². The normalized spacial score (nSPS) is 15.4. The molecule has 7 nitrogen and oxygen atoms in total. The van der Waals surface area contributed by atoms with Crippen molar-refractivity contribution in [3.05, 3.63) is 59.2 Å². The number of carboxylic acid groups (broad SMARTS) is 1. The molecule has 1 aliphatic rings. The van der Waals surface area contributed by atoms with Crippen LogP contribution in [0.25, 0.3) is 0 Å². The molecule has 1 N–H and O–H groups in total. The van der Waals surface area contributed by atoms with E-state index in [-0.39, 0.29) is 5.91 Å². The van der Waals surface area contributed by atoms with Crippen LogP contribution in [0.15, 0.2) is 42.5 Å². The van der Waals surface area contributed by atoms with Crippen molar-refractivity contribution in [2.75, 3.05) is 27.4 Å². The number of aliphatic carboxylic acids is 1. The second-order valence-corrected chi connectivity index (χ2v) is 7.15. The maximum Gasteiger partial charge on any atom is 0.326 e. The summed E-state index contributed by atoms with van der Waals surface area (Å²) in [6.45, 7) is 1.55. The molecule has 0 unspecified atom stereocenters. The van der Waals surface area contributed by atoms with E-state index < -0.39 is 12.0 Å². The average molecular weight is 413 g/mol. The van der Waals surface area contributed by atoms with Crippen molar-refractivity contribution in [3.63, 3.8) is 0 Å². The fourth-order valence-electron chi connectivity index (χ4n) is 3.53. The van der Waals surface area contributed by atoms with Gasteiger partial charge in [-0.05, 0) is 42.5 Å². The summed E-state index contributed by atoms with van der Waals surface area (Å²) in [5.41, 5.74) is 2.35. The van der Waals surface area contributed by atoms with Gasteiger partial charge in [0.15, 0.2) is 11.5 Å². The molecule has 0 aromatic heterocycles. The molecular weight excluding hydrogens is 386 g/mol. The molecule has 0 radical (unpaired) electrons. The van der Waals surface area contributed by atoms with Crippen LogP contribution in [-0.4, -0.2) is 55.3 Å². The first-order chi connectivity index (χ1) is 14.5. The molecule has 160 valence electrons. The Morgan fingerprint density at radius 3 is 2.50 bits per heavy atom. The van der Waals surface area contributed by atoms with Gasteiger partial charge in [-0.25, -0.2) is 4.79 Å². The lowest BCUT2D eigenvalue weighted by molar-refractivity contribution is -0.146. The van der Waals surface area contributed by atoms with Gasteiger partial charge >= 0.3 is 5.97 Å². The third kappa shape index (κ3) is 4.91. The Bertz CT molecular complexity index is 883. The van der Waals surface area contributed by atoms with Crippen molar-refractivity contribution in [3.8, 4) is 11.5 Å². The third-order valence-electron chi connectivity index (χ3n) is 5.21. The smallest absolute Gasteiger partial charge is 0.326 e. The van der Waals surface area contributed by atoms with Gasteiger partial charge in [0, 0.05) is 18.7 Å². The standard InChI is InChI=1S/C23H27NO6/c1-28-20-14-18(22(25)24-11-10-19(24)23(26)27)13-17(21(20)29-2)9-6-12-30-15-16-7-4-3-5-8-16/h3-5,7-8,13-14,19H,6,9-12,15H2,1-2H3,(H,26,27)/t19-/m1/s1. The van der Waals surface area contributed by atoms with Gasteiger partial charge in [0.2, 0.25) is 0 Å². The monoisotopic (exact) mass is 413 g/mol. The second-order valence-electron chi connectivity index (χ2n) is 7.15. The number of aryl methyl sites for hydroxylation is 1. The van der Waals surface area contributed by atoms with Crippen molar-refractivity contribution in [2.24, 2.45) is 0 Å². The number of methoxy groups -OCH3 is 2. The first kappa shape index (κ1) is 21.6. The van der Waals surface area contributed by atoms with Crippen LogP contribution in [0.1, 0.15) is 34.3 Å². The number of nitrogens with zero attached hydrogens (tertiary/aromatic N) is 1. The van der Waals surface area contributed by atoms with Crippen molar-refractivity contribution in [1.82, 2.24) is 4.90 Å². The van der Waals surface area contributed by atoms with Crippen LogP contribution in [0, 0.1) is 0 Å². The van der Waals surface area contributed by atoms with Crippen LogP contribution in [0.3, 0.4) is 0 Å². The number of carbonyl (C=O) groups excluding carboxylic acids is 1. The molecule has 0 spiro atoms. The van der Waals surface area contributed by atoms with E-state index in [2.05, 4.69) is 0 Å². The Kier molecular flexibility index (Phi) is 7.30. The zero-order chi connectivity index (χ0) is 21.5. The highest BCUT2D eigenvalue weighted by Gasteiger charge is 2.38. The largest absolute Gasteiger partial charge is 0.493 e. The minimum atomic E-state index is -0.981. The molecule has 1 amide bonds. The van der Waals surface area contributed by atoms with E-state index in [1.54, 1.807) is 19.2 Å². The summed E-state index contributed by atoms with van der Waals surface area (Å²) in [6.07, 6.45) is 1.85. The quantitative estimate of drug-likeness (QED) is 0.603. The average Bonchev–Trinajstić information content (AvgIpc) is 2.72. The van der Waals surface area contributed by atoms with Crippen LogP contribution in [0.4, 0.5) is 0 Å². The maximum atomic E-state index is 12.8. The minimum Gasteiger partial charge on any atom is -0.493 e. The number of benzene rings is 2. The lowest BCUT2D eigenvalue weighted by Crippen LogP contribution is -2.55. The fraction of sp³-hybridized carbons (Fsp3) is 0.391. The molecule has 1 heterocycles. The van der Waals surface area contributed by atoms with E-state index >= 15 is 0 Å². The highest BCUT2D eigenvalue weighted by atomic mass is 16.5. The molecule has 1 saturated heterocycles. The van der Waals surface area contributed by atoms with Gasteiger partial charge in [0.1, 0.15) is 6.04 Å². The van der Waals surface area contributed by atoms with Crippen LogP contribution in [-0.2, 0) is 22.6 Å². The number of hydrogen-bond donors (Lipinski definition) is 1. The zero-order valence-corrected chi connectivity index (χ0v) is 17.3. The van der Waals surface area contributed by atoms with E-state index in [1.807, 2.05) is 30.3 Å². The fourth-order valence-corrected chi connectivity index (χ4v) is 3.53. The molecule has 0 saturated carbocycles. The number of carbonyl (C=O) groups is 2. The SMILES string of the molecule is COc1cc(C(=O)N2CC[C@@H]2C(=O)O)cc(CCCOCc2ccccc2)c1OC. The molecule has 7 heteroatoms. The lowest BCUT2D eigenvalue weighted by Gasteiger charge is -2.38. The van der Waals surface area contributed by atoms with E-state index in [9.17, 15) is 14.7 Å². The molecule has 1 atom stereocenters. The van der Waals surface area contributed by atoms with E-state index in [0.717, 1.165) is 17.5 Å². The number of hydrogen-bond acceptors (Lipinski definition) is 5.